The first-order valence-electron chi connectivity index (χ1n) is 7.18. The van der Waals surface area contributed by atoms with Gasteiger partial charge in [-0.1, -0.05) is 0 Å². The summed E-state index contributed by atoms with van der Waals surface area (Å²) in [5, 5.41) is 4.00. The SMILES string of the molecule is Cc1oc(-c2ccsc2)nc1C[S@@](=O)C[C@@H]1CCCCO1. The Morgan fingerprint density at radius 2 is 2.38 bits per heavy atom. The monoisotopic (exact) mass is 325 g/mol. The van der Waals surface area contributed by atoms with Gasteiger partial charge in [-0.3, -0.25) is 4.21 Å². The van der Waals surface area contributed by atoms with Gasteiger partial charge < -0.3 is 9.15 Å². The minimum atomic E-state index is -0.957. The van der Waals surface area contributed by atoms with Crippen LogP contribution in [-0.4, -0.2) is 27.7 Å². The Labute approximate surface area is 131 Å². The van der Waals surface area contributed by atoms with Gasteiger partial charge in [-0.25, -0.2) is 4.98 Å². The molecule has 2 aromatic rings. The van der Waals surface area contributed by atoms with Crippen LogP contribution in [0.25, 0.3) is 11.5 Å². The molecule has 2 aromatic heterocycles. The van der Waals surface area contributed by atoms with Crippen molar-refractivity contribution in [2.24, 2.45) is 0 Å². The van der Waals surface area contributed by atoms with Crippen LogP contribution >= 0.6 is 11.3 Å². The van der Waals surface area contributed by atoms with Crippen molar-refractivity contribution >= 4 is 22.1 Å². The number of hydrogen-bond acceptors (Lipinski definition) is 5. The summed E-state index contributed by atoms with van der Waals surface area (Å²) >= 11 is 1.61. The van der Waals surface area contributed by atoms with Crippen LogP contribution in [0.5, 0.6) is 0 Å². The summed E-state index contributed by atoms with van der Waals surface area (Å²) in [6.45, 7) is 2.68. The third-order valence-corrected chi connectivity index (χ3v) is 5.63. The number of oxazole rings is 1. The Morgan fingerprint density at radius 1 is 1.48 bits per heavy atom. The van der Waals surface area contributed by atoms with E-state index in [1.165, 1.54) is 6.42 Å². The predicted octanol–water partition coefficient (Wildman–Crippen LogP) is 3.53. The van der Waals surface area contributed by atoms with Crippen molar-refractivity contribution in [2.75, 3.05) is 12.4 Å². The van der Waals surface area contributed by atoms with Crippen LogP contribution in [0.1, 0.15) is 30.7 Å². The molecule has 1 aliphatic heterocycles. The standard InChI is InChI=1S/C15H19NO3S2/c1-11-14(16-15(19-11)12-5-7-20-8-12)10-21(17)9-13-4-2-3-6-18-13/h5,7-8,13H,2-4,6,9-10H2,1H3/t13-,21-/m0/s1. The van der Waals surface area contributed by atoms with Crippen LogP contribution in [0.4, 0.5) is 0 Å². The predicted molar refractivity (Wildman–Crippen MR) is 84.9 cm³/mol. The van der Waals surface area contributed by atoms with E-state index in [0.29, 0.717) is 17.4 Å². The van der Waals surface area contributed by atoms with Gasteiger partial charge in [-0.15, -0.1) is 0 Å². The highest BCUT2D eigenvalue weighted by Crippen LogP contribution is 2.24. The smallest absolute Gasteiger partial charge is 0.227 e. The number of aryl methyl sites for hydroxylation is 1. The van der Waals surface area contributed by atoms with Gasteiger partial charge in [0.25, 0.3) is 0 Å². The van der Waals surface area contributed by atoms with Gasteiger partial charge in [0, 0.05) is 28.3 Å². The lowest BCUT2D eigenvalue weighted by Gasteiger charge is -2.21. The Morgan fingerprint density at radius 3 is 3.10 bits per heavy atom. The van der Waals surface area contributed by atoms with Crippen LogP contribution in [0.3, 0.4) is 0 Å². The molecule has 0 saturated carbocycles. The Kier molecular flexibility index (Phi) is 4.87. The molecular formula is C15H19NO3S2. The van der Waals surface area contributed by atoms with E-state index in [-0.39, 0.29) is 6.10 Å². The van der Waals surface area contributed by atoms with Crippen LogP contribution < -0.4 is 0 Å². The van der Waals surface area contributed by atoms with Crippen LogP contribution in [-0.2, 0) is 21.3 Å². The average Bonchev–Trinajstić information content (AvgIpc) is 3.10. The van der Waals surface area contributed by atoms with E-state index in [2.05, 4.69) is 4.98 Å². The molecule has 0 unspecified atom stereocenters. The molecule has 21 heavy (non-hydrogen) atoms. The van der Waals surface area contributed by atoms with E-state index in [9.17, 15) is 4.21 Å². The van der Waals surface area contributed by atoms with E-state index in [0.717, 1.165) is 36.5 Å². The summed E-state index contributed by atoms with van der Waals surface area (Å²) in [5.74, 6) is 2.42. The van der Waals surface area contributed by atoms with E-state index in [1.807, 2.05) is 23.8 Å². The molecule has 2 atom stereocenters. The molecule has 114 valence electrons. The Balaban J connectivity index is 1.63. The topological polar surface area (TPSA) is 52.3 Å². The zero-order valence-electron chi connectivity index (χ0n) is 12.0. The zero-order valence-corrected chi connectivity index (χ0v) is 13.7. The number of ether oxygens (including phenoxy) is 1. The van der Waals surface area contributed by atoms with E-state index in [4.69, 9.17) is 9.15 Å². The van der Waals surface area contributed by atoms with E-state index >= 15 is 0 Å². The lowest BCUT2D eigenvalue weighted by atomic mass is 10.1. The van der Waals surface area contributed by atoms with Gasteiger partial charge in [0.05, 0.1) is 23.3 Å². The second kappa shape index (κ2) is 6.85. The molecule has 0 N–H and O–H groups in total. The van der Waals surface area contributed by atoms with Crippen molar-refractivity contribution < 1.29 is 13.4 Å². The number of nitrogens with zero attached hydrogens (tertiary/aromatic N) is 1. The molecule has 0 bridgehead atoms. The van der Waals surface area contributed by atoms with Gasteiger partial charge in [-0.05, 0) is 37.6 Å². The lowest BCUT2D eigenvalue weighted by Crippen LogP contribution is -2.25. The van der Waals surface area contributed by atoms with Crippen LogP contribution in [0.2, 0.25) is 0 Å². The molecule has 6 heteroatoms. The van der Waals surface area contributed by atoms with Crippen molar-refractivity contribution in [3.63, 3.8) is 0 Å². The lowest BCUT2D eigenvalue weighted by molar-refractivity contribution is 0.0310. The first-order chi connectivity index (χ1) is 10.2. The maximum atomic E-state index is 12.3. The average molecular weight is 325 g/mol. The summed E-state index contributed by atoms with van der Waals surface area (Å²) < 4.78 is 23.6. The minimum absolute atomic E-state index is 0.142. The summed E-state index contributed by atoms with van der Waals surface area (Å²) in [6.07, 6.45) is 3.45. The number of thiophene rings is 1. The highest BCUT2D eigenvalue weighted by molar-refractivity contribution is 7.84. The Bertz CT molecular complexity index is 600. The maximum absolute atomic E-state index is 12.3. The van der Waals surface area contributed by atoms with Gasteiger partial charge in [0.15, 0.2) is 0 Å². The summed E-state index contributed by atoms with van der Waals surface area (Å²) in [5.41, 5.74) is 1.78. The number of hydrogen-bond donors (Lipinski definition) is 0. The fourth-order valence-electron chi connectivity index (χ4n) is 2.43. The molecule has 0 amide bonds. The first-order valence-corrected chi connectivity index (χ1v) is 9.61. The maximum Gasteiger partial charge on any atom is 0.227 e. The van der Waals surface area contributed by atoms with Crippen LogP contribution in [0.15, 0.2) is 21.2 Å². The molecule has 3 heterocycles. The Hall–Kier alpha value is -0.980. The van der Waals surface area contributed by atoms with E-state index < -0.39 is 10.8 Å². The second-order valence-corrected chi connectivity index (χ2v) is 7.56. The molecule has 0 spiro atoms. The number of aromatic nitrogens is 1. The molecule has 0 aromatic carbocycles. The molecule has 1 saturated heterocycles. The van der Waals surface area contributed by atoms with Crippen molar-refractivity contribution in [3.05, 3.63) is 28.3 Å². The summed E-state index contributed by atoms with van der Waals surface area (Å²) in [7, 11) is -0.957. The summed E-state index contributed by atoms with van der Waals surface area (Å²) in [4.78, 5) is 4.49. The normalized spacial score (nSPS) is 20.5. The van der Waals surface area contributed by atoms with Gasteiger partial charge in [-0.2, -0.15) is 11.3 Å². The van der Waals surface area contributed by atoms with Crippen molar-refractivity contribution in [1.82, 2.24) is 4.98 Å². The minimum Gasteiger partial charge on any atom is -0.441 e. The quantitative estimate of drug-likeness (QED) is 0.844. The molecule has 0 aliphatic carbocycles. The fourth-order valence-corrected chi connectivity index (χ4v) is 4.43. The third kappa shape index (κ3) is 3.81. The molecule has 4 nitrogen and oxygen atoms in total. The summed E-state index contributed by atoms with van der Waals surface area (Å²) in [6, 6.07) is 1.98. The van der Waals surface area contributed by atoms with Crippen molar-refractivity contribution in [2.45, 2.75) is 38.0 Å². The van der Waals surface area contributed by atoms with Gasteiger partial charge in [0.2, 0.25) is 5.89 Å². The second-order valence-electron chi connectivity index (χ2n) is 5.27. The highest BCUT2D eigenvalue weighted by Gasteiger charge is 2.19. The molecule has 0 radical (unpaired) electrons. The third-order valence-electron chi connectivity index (χ3n) is 3.60. The largest absolute Gasteiger partial charge is 0.441 e. The van der Waals surface area contributed by atoms with Crippen molar-refractivity contribution in [3.8, 4) is 11.5 Å². The zero-order chi connectivity index (χ0) is 14.7. The molecule has 1 fully saturated rings. The number of rotatable bonds is 5. The molecule has 1 aliphatic rings. The van der Waals surface area contributed by atoms with Crippen LogP contribution in [0, 0.1) is 6.92 Å². The van der Waals surface area contributed by atoms with E-state index in [1.54, 1.807) is 11.3 Å². The molecular weight excluding hydrogens is 306 g/mol. The van der Waals surface area contributed by atoms with Gasteiger partial charge in [0.1, 0.15) is 5.76 Å². The first kappa shape index (κ1) is 14.9. The highest BCUT2D eigenvalue weighted by atomic mass is 32.2. The molecule has 3 rings (SSSR count). The van der Waals surface area contributed by atoms with Crippen molar-refractivity contribution in [1.29, 1.82) is 0 Å². The van der Waals surface area contributed by atoms with Gasteiger partial charge >= 0.3 is 0 Å². The fraction of sp³-hybridized carbons (Fsp3) is 0.533.